The molecule has 3 N–H and O–H groups in total. The Morgan fingerprint density at radius 1 is 1.04 bits per heavy atom. The first-order chi connectivity index (χ1) is 22.7. The lowest BCUT2D eigenvalue weighted by Crippen LogP contribution is -2.40. The lowest BCUT2D eigenvalue weighted by molar-refractivity contribution is -0.120. The van der Waals surface area contributed by atoms with E-state index in [4.69, 9.17) is 14.2 Å². The van der Waals surface area contributed by atoms with E-state index in [2.05, 4.69) is 25.9 Å². The fraction of sp³-hybridized carbons (Fsp3) is 0.343. The molecule has 0 bridgehead atoms. The maximum Gasteiger partial charge on any atom is 0.248 e. The first-order valence-electron chi connectivity index (χ1n) is 15.4. The van der Waals surface area contributed by atoms with Gasteiger partial charge in [0.2, 0.25) is 23.0 Å². The maximum atomic E-state index is 13.9. The molecule has 0 spiro atoms. The number of pyridine rings is 1. The molecule has 0 aliphatic heterocycles. The topological polar surface area (TPSA) is 141 Å². The van der Waals surface area contributed by atoms with Crippen LogP contribution < -0.4 is 35.6 Å². The van der Waals surface area contributed by atoms with Crippen LogP contribution in [-0.2, 0) is 16.0 Å². The van der Waals surface area contributed by atoms with Gasteiger partial charge < -0.3 is 30.2 Å². The largest absolute Gasteiger partial charge is 0.493 e. The third-order valence-electron chi connectivity index (χ3n) is 8.38. The highest BCUT2D eigenvalue weighted by Gasteiger charge is 2.30. The van der Waals surface area contributed by atoms with E-state index in [0.29, 0.717) is 64.2 Å². The van der Waals surface area contributed by atoms with Crippen molar-refractivity contribution in [2.75, 3.05) is 32.0 Å². The molecule has 11 nitrogen and oxygen atoms in total. The smallest absolute Gasteiger partial charge is 0.248 e. The standard InChI is InChI=1S/C35H39N5O6S/c1-7-19(2)31(34(43)40-35-39-27(18-47-35)25-10-8-9-15-36-25)38-26-14-12-22-23(17-28(26)42)24(37-20(3)41)13-11-21-16-29(44-4)32(45-5)33(46-6)30(21)22/h8-10,12,14-19,24,31H,7,11,13H2,1-6H3,(H,37,41)(H,38,42)(H,39,40,43). The van der Waals surface area contributed by atoms with Crippen molar-refractivity contribution < 1.29 is 23.8 Å². The third-order valence-corrected chi connectivity index (χ3v) is 9.14. The van der Waals surface area contributed by atoms with Crippen LogP contribution in [0.2, 0.25) is 0 Å². The number of fused-ring (bicyclic) bond motifs is 3. The Morgan fingerprint density at radius 3 is 2.49 bits per heavy atom. The number of aryl methyl sites for hydroxylation is 1. The number of ether oxygens (including phenoxy) is 3. The number of methoxy groups -OCH3 is 3. The Labute approximate surface area is 277 Å². The van der Waals surface area contributed by atoms with Gasteiger partial charge in [0.1, 0.15) is 11.7 Å². The lowest BCUT2D eigenvalue weighted by atomic mass is 9.95. The molecule has 246 valence electrons. The van der Waals surface area contributed by atoms with Gasteiger partial charge in [0, 0.05) is 24.1 Å². The minimum atomic E-state index is -0.741. The van der Waals surface area contributed by atoms with Crippen molar-refractivity contribution in [3.63, 3.8) is 0 Å². The molecule has 12 heteroatoms. The first kappa shape index (κ1) is 33.4. The second-order valence-electron chi connectivity index (χ2n) is 11.3. The normalized spacial score (nSPS) is 14.8. The van der Waals surface area contributed by atoms with Crippen LogP contribution in [-0.4, -0.2) is 49.2 Å². The van der Waals surface area contributed by atoms with Crippen molar-refractivity contribution in [1.29, 1.82) is 0 Å². The monoisotopic (exact) mass is 657 g/mol. The summed E-state index contributed by atoms with van der Waals surface area (Å²) < 4.78 is 17.2. The van der Waals surface area contributed by atoms with E-state index in [1.165, 1.54) is 24.3 Å². The Bertz CT molecular complexity index is 1830. The molecule has 2 aromatic heterocycles. The number of anilines is 2. The zero-order valence-electron chi connectivity index (χ0n) is 27.3. The number of amides is 2. The van der Waals surface area contributed by atoms with E-state index >= 15 is 0 Å². The summed E-state index contributed by atoms with van der Waals surface area (Å²) in [7, 11) is 4.66. The SMILES string of the molecule is CCC(C)C(Nc1ccc2c(cc1=O)C(NC(C)=O)CCc1cc(OC)c(OC)c(OC)c1-2)C(=O)Nc1nc(-c2ccccn2)cs1. The van der Waals surface area contributed by atoms with Crippen molar-refractivity contribution in [1.82, 2.24) is 15.3 Å². The molecule has 3 atom stereocenters. The average molecular weight is 658 g/mol. The second kappa shape index (κ2) is 14.6. The van der Waals surface area contributed by atoms with Crippen LogP contribution in [0.3, 0.4) is 0 Å². The average Bonchev–Trinajstić information content (AvgIpc) is 3.42. The summed E-state index contributed by atoms with van der Waals surface area (Å²) in [5.41, 5.74) is 4.30. The van der Waals surface area contributed by atoms with Crippen LogP contribution in [0.4, 0.5) is 10.8 Å². The third kappa shape index (κ3) is 7.07. The van der Waals surface area contributed by atoms with Gasteiger partial charge in [-0.3, -0.25) is 19.4 Å². The summed E-state index contributed by atoms with van der Waals surface area (Å²) in [4.78, 5) is 48.8. The zero-order chi connectivity index (χ0) is 33.7. The van der Waals surface area contributed by atoms with Crippen molar-refractivity contribution in [2.45, 2.75) is 52.1 Å². The fourth-order valence-corrected chi connectivity index (χ4v) is 6.55. The van der Waals surface area contributed by atoms with E-state index in [9.17, 15) is 14.4 Å². The minimum Gasteiger partial charge on any atom is -0.493 e. The van der Waals surface area contributed by atoms with E-state index < -0.39 is 12.1 Å². The highest BCUT2D eigenvalue weighted by molar-refractivity contribution is 7.14. The molecule has 1 aliphatic carbocycles. The minimum absolute atomic E-state index is 0.127. The summed E-state index contributed by atoms with van der Waals surface area (Å²) in [5.74, 6) is 0.751. The molecule has 0 saturated heterocycles. The summed E-state index contributed by atoms with van der Waals surface area (Å²) in [5, 5.41) is 11.5. The number of carbonyl (C=O) groups excluding carboxylic acids is 2. The first-order valence-corrected chi connectivity index (χ1v) is 16.3. The number of aromatic nitrogens is 2. The zero-order valence-corrected chi connectivity index (χ0v) is 28.1. The molecule has 1 aliphatic rings. The Morgan fingerprint density at radius 2 is 1.83 bits per heavy atom. The van der Waals surface area contributed by atoms with Crippen LogP contribution in [0.5, 0.6) is 17.2 Å². The van der Waals surface area contributed by atoms with Crippen LogP contribution >= 0.6 is 11.3 Å². The van der Waals surface area contributed by atoms with Gasteiger partial charge in [-0.2, -0.15) is 0 Å². The maximum absolute atomic E-state index is 13.9. The highest BCUT2D eigenvalue weighted by Crippen LogP contribution is 2.50. The van der Waals surface area contributed by atoms with Crippen LogP contribution in [0.1, 0.15) is 50.8 Å². The summed E-state index contributed by atoms with van der Waals surface area (Å²) >= 11 is 1.31. The predicted molar refractivity (Wildman–Crippen MR) is 184 cm³/mol. The number of carbonyl (C=O) groups is 2. The predicted octanol–water partition coefficient (Wildman–Crippen LogP) is 5.85. The summed E-state index contributed by atoms with van der Waals surface area (Å²) in [6, 6.07) is 11.3. The van der Waals surface area contributed by atoms with E-state index in [-0.39, 0.29) is 28.8 Å². The molecule has 2 amide bonds. The van der Waals surface area contributed by atoms with E-state index in [1.54, 1.807) is 33.6 Å². The number of benzene rings is 1. The van der Waals surface area contributed by atoms with Gasteiger partial charge >= 0.3 is 0 Å². The number of hydrogen-bond donors (Lipinski definition) is 3. The molecule has 2 heterocycles. The van der Waals surface area contributed by atoms with E-state index in [0.717, 1.165) is 11.1 Å². The molecule has 3 unspecified atom stereocenters. The van der Waals surface area contributed by atoms with Gasteiger partial charge in [-0.25, -0.2) is 4.98 Å². The van der Waals surface area contributed by atoms with Crippen molar-refractivity contribution in [3.05, 3.63) is 75.4 Å². The highest BCUT2D eigenvalue weighted by atomic mass is 32.1. The van der Waals surface area contributed by atoms with Crippen LogP contribution in [0.15, 0.2) is 58.8 Å². The summed E-state index contributed by atoms with van der Waals surface area (Å²) in [6.45, 7) is 5.40. The number of thiazole rings is 1. The number of rotatable bonds is 11. The van der Waals surface area contributed by atoms with Gasteiger partial charge in [-0.1, -0.05) is 32.4 Å². The number of hydrogen-bond acceptors (Lipinski definition) is 10. The van der Waals surface area contributed by atoms with Crippen LogP contribution in [0.25, 0.3) is 22.5 Å². The molecule has 5 rings (SSSR count). The van der Waals surface area contributed by atoms with Crippen LogP contribution in [0, 0.1) is 5.92 Å². The Balaban J connectivity index is 1.56. The molecule has 47 heavy (non-hydrogen) atoms. The van der Waals surface area contributed by atoms with Crippen molar-refractivity contribution in [2.24, 2.45) is 5.92 Å². The molecular formula is C35H39N5O6S. The Kier molecular flexibility index (Phi) is 10.4. The van der Waals surface area contributed by atoms with Gasteiger partial charge in [0.05, 0.1) is 38.8 Å². The number of nitrogens with one attached hydrogen (secondary N) is 3. The molecule has 4 aromatic rings. The molecular weight excluding hydrogens is 618 g/mol. The van der Waals surface area contributed by atoms with Crippen molar-refractivity contribution >= 4 is 34.0 Å². The molecule has 0 radical (unpaired) electrons. The molecule has 0 saturated carbocycles. The van der Waals surface area contributed by atoms with Gasteiger partial charge in [0.25, 0.3) is 0 Å². The van der Waals surface area contributed by atoms with Crippen molar-refractivity contribution in [3.8, 4) is 39.8 Å². The van der Waals surface area contributed by atoms with Gasteiger partial charge in [0.15, 0.2) is 16.6 Å². The summed E-state index contributed by atoms with van der Waals surface area (Å²) in [6.07, 6.45) is 3.50. The van der Waals surface area contributed by atoms with Gasteiger partial charge in [-0.05, 0) is 65.8 Å². The Hall–Kier alpha value is -4.97. The second-order valence-corrected chi connectivity index (χ2v) is 12.2. The van der Waals surface area contributed by atoms with E-state index in [1.807, 2.05) is 49.6 Å². The lowest BCUT2D eigenvalue weighted by Gasteiger charge is -2.23. The number of nitrogens with zero attached hydrogens (tertiary/aromatic N) is 2. The molecule has 2 aromatic carbocycles. The quantitative estimate of drug-likeness (QED) is 0.181. The molecule has 0 fully saturated rings. The fourth-order valence-electron chi connectivity index (χ4n) is 5.84. The van der Waals surface area contributed by atoms with Gasteiger partial charge in [-0.15, -0.1) is 11.3 Å².